The third kappa shape index (κ3) is 4.53. The molecule has 0 aromatic heterocycles. The van der Waals surface area contributed by atoms with Crippen LogP contribution in [0.15, 0.2) is 60.7 Å². The van der Waals surface area contributed by atoms with E-state index >= 15 is 0 Å². The standard InChI is InChI=1S/C24H32O4Si/c1-23(2,3)29(19-12-8-6-9-13-19,20-14-10-7-11-15-20)28-21(16-17-25)22-18-26-24(4,5)27-22/h6-15,17,21-22H,16,18H2,1-5H3/t21-,22?/m0/s1. The van der Waals surface area contributed by atoms with Gasteiger partial charge in [0.15, 0.2) is 5.79 Å². The lowest BCUT2D eigenvalue weighted by atomic mass is 10.1. The van der Waals surface area contributed by atoms with Gasteiger partial charge in [0.25, 0.3) is 8.32 Å². The Labute approximate surface area is 175 Å². The van der Waals surface area contributed by atoms with Crippen LogP contribution in [0.1, 0.15) is 41.0 Å². The van der Waals surface area contributed by atoms with Crippen LogP contribution in [0.25, 0.3) is 0 Å². The SMILES string of the molecule is CC1(C)OCC([C@H](CC=O)O[Si](c2ccccc2)(c2ccccc2)C(C)(C)C)O1. The summed E-state index contributed by atoms with van der Waals surface area (Å²) in [6.07, 6.45) is 0.545. The van der Waals surface area contributed by atoms with Crippen molar-refractivity contribution >= 4 is 25.0 Å². The van der Waals surface area contributed by atoms with Crippen molar-refractivity contribution in [3.63, 3.8) is 0 Å². The largest absolute Gasteiger partial charge is 0.401 e. The van der Waals surface area contributed by atoms with Crippen molar-refractivity contribution in [3.05, 3.63) is 60.7 Å². The van der Waals surface area contributed by atoms with Crippen LogP contribution in [0.3, 0.4) is 0 Å². The predicted molar refractivity (Wildman–Crippen MR) is 118 cm³/mol. The second-order valence-electron chi connectivity index (χ2n) is 9.09. The predicted octanol–water partition coefficient (Wildman–Crippen LogP) is 3.67. The van der Waals surface area contributed by atoms with Gasteiger partial charge in [0.1, 0.15) is 12.4 Å². The Morgan fingerprint density at radius 2 is 1.59 bits per heavy atom. The average molecular weight is 413 g/mol. The van der Waals surface area contributed by atoms with Gasteiger partial charge in [-0.05, 0) is 29.3 Å². The maximum Gasteiger partial charge on any atom is 0.261 e. The van der Waals surface area contributed by atoms with Gasteiger partial charge >= 0.3 is 0 Å². The highest BCUT2D eigenvalue weighted by Crippen LogP contribution is 2.39. The molecule has 2 aromatic rings. The average Bonchev–Trinajstić information content (AvgIpc) is 3.05. The fourth-order valence-corrected chi connectivity index (χ4v) is 8.90. The lowest BCUT2D eigenvalue weighted by Crippen LogP contribution is -2.68. The Hall–Kier alpha value is -1.79. The maximum atomic E-state index is 11.6. The summed E-state index contributed by atoms with van der Waals surface area (Å²) in [6.45, 7) is 10.9. The van der Waals surface area contributed by atoms with E-state index in [4.69, 9.17) is 13.9 Å². The molecule has 1 fully saturated rings. The molecular weight excluding hydrogens is 380 g/mol. The van der Waals surface area contributed by atoms with Gasteiger partial charge in [0, 0.05) is 6.42 Å². The molecule has 0 saturated carbocycles. The first-order valence-electron chi connectivity index (χ1n) is 10.2. The molecule has 0 amide bonds. The highest BCUT2D eigenvalue weighted by Gasteiger charge is 2.53. The van der Waals surface area contributed by atoms with Crippen molar-refractivity contribution in [2.75, 3.05) is 6.61 Å². The van der Waals surface area contributed by atoms with Crippen LogP contribution >= 0.6 is 0 Å². The summed E-state index contributed by atoms with van der Waals surface area (Å²) >= 11 is 0. The highest BCUT2D eigenvalue weighted by atomic mass is 28.4. The zero-order chi connectivity index (χ0) is 21.1. The Bertz CT molecular complexity index is 759. The Morgan fingerprint density at radius 1 is 1.07 bits per heavy atom. The van der Waals surface area contributed by atoms with Crippen molar-refractivity contribution in [2.45, 2.75) is 64.1 Å². The van der Waals surface area contributed by atoms with Gasteiger partial charge < -0.3 is 18.7 Å². The van der Waals surface area contributed by atoms with Crippen LogP contribution < -0.4 is 10.4 Å². The molecule has 1 saturated heterocycles. The molecule has 29 heavy (non-hydrogen) atoms. The van der Waals surface area contributed by atoms with E-state index in [0.29, 0.717) is 6.61 Å². The lowest BCUT2D eigenvalue weighted by Gasteiger charge is -2.45. The van der Waals surface area contributed by atoms with E-state index in [-0.39, 0.29) is 23.7 Å². The topological polar surface area (TPSA) is 44.8 Å². The quantitative estimate of drug-likeness (QED) is 0.514. The summed E-state index contributed by atoms with van der Waals surface area (Å²) in [4.78, 5) is 11.6. The minimum Gasteiger partial charge on any atom is -0.401 e. The summed E-state index contributed by atoms with van der Waals surface area (Å²) in [5.41, 5.74) is 0. The molecule has 156 valence electrons. The number of carbonyl (C=O) groups is 1. The zero-order valence-electron chi connectivity index (χ0n) is 18.1. The number of benzene rings is 2. The Kier molecular flexibility index (Phi) is 6.44. The van der Waals surface area contributed by atoms with Gasteiger partial charge in [-0.2, -0.15) is 0 Å². The fraction of sp³-hybridized carbons (Fsp3) is 0.458. The van der Waals surface area contributed by atoms with Crippen molar-refractivity contribution in [2.24, 2.45) is 0 Å². The highest BCUT2D eigenvalue weighted by molar-refractivity contribution is 6.99. The summed E-state index contributed by atoms with van der Waals surface area (Å²) in [5.74, 6) is -0.666. The van der Waals surface area contributed by atoms with Gasteiger partial charge in [0.05, 0.1) is 12.7 Å². The van der Waals surface area contributed by atoms with Crippen LogP contribution in [-0.2, 0) is 18.7 Å². The fourth-order valence-electron chi connectivity index (χ4n) is 4.19. The van der Waals surface area contributed by atoms with Crippen LogP contribution in [0, 0.1) is 0 Å². The van der Waals surface area contributed by atoms with E-state index in [9.17, 15) is 4.79 Å². The van der Waals surface area contributed by atoms with E-state index in [1.165, 1.54) is 10.4 Å². The van der Waals surface area contributed by atoms with Crippen molar-refractivity contribution < 1.29 is 18.7 Å². The Balaban J connectivity index is 2.12. The molecule has 5 heteroatoms. The minimum atomic E-state index is -2.76. The molecule has 0 spiro atoms. The molecule has 1 aliphatic rings. The summed E-state index contributed by atoms with van der Waals surface area (Å²) in [6, 6.07) is 20.9. The molecule has 2 atom stereocenters. The van der Waals surface area contributed by atoms with Gasteiger partial charge in [-0.15, -0.1) is 0 Å². The van der Waals surface area contributed by atoms with Crippen molar-refractivity contribution in [1.29, 1.82) is 0 Å². The van der Waals surface area contributed by atoms with E-state index in [2.05, 4.69) is 69.3 Å². The molecule has 1 heterocycles. The second kappa shape index (κ2) is 8.52. The first-order chi connectivity index (χ1) is 13.7. The van der Waals surface area contributed by atoms with Gasteiger partial charge in [0.2, 0.25) is 0 Å². The number of carbonyl (C=O) groups excluding carboxylic acids is 1. The summed E-state index contributed by atoms with van der Waals surface area (Å²) in [5, 5.41) is 2.21. The summed E-state index contributed by atoms with van der Waals surface area (Å²) in [7, 11) is -2.76. The smallest absolute Gasteiger partial charge is 0.261 e. The number of aldehydes is 1. The molecule has 3 rings (SSSR count). The lowest BCUT2D eigenvalue weighted by molar-refractivity contribution is -0.150. The molecule has 0 radical (unpaired) electrons. The number of hydrogen-bond donors (Lipinski definition) is 0. The van der Waals surface area contributed by atoms with Crippen molar-refractivity contribution in [3.8, 4) is 0 Å². The minimum absolute atomic E-state index is 0.161. The number of rotatable bonds is 7. The second-order valence-corrected chi connectivity index (χ2v) is 13.3. The normalized spacial score (nSPS) is 20.4. The third-order valence-corrected chi connectivity index (χ3v) is 10.6. The van der Waals surface area contributed by atoms with E-state index in [1.807, 2.05) is 26.0 Å². The molecular formula is C24H32O4Si. The number of ether oxygens (including phenoxy) is 2. The van der Waals surface area contributed by atoms with Crippen LogP contribution in [0.5, 0.6) is 0 Å². The zero-order valence-corrected chi connectivity index (χ0v) is 19.1. The Morgan fingerprint density at radius 3 is 1.97 bits per heavy atom. The molecule has 4 nitrogen and oxygen atoms in total. The molecule has 2 aromatic carbocycles. The van der Waals surface area contributed by atoms with E-state index in [1.54, 1.807) is 0 Å². The van der Waals surface area contributed by atoms with Gasteiger partial charge in [-0.25, -0.2) is 0 Å². The van der Waals surface area contributed by atoms with Crippen molar-refractivity contribution in [1.82, 2.24) is 0 Å². The molecule has 0 N–H and O–H groups in total. The van der Waals surface area contributed by atoms with Gasteiger partial charge in [-0.3, -0.25) is 0 Å². The molecule has 0 aliphatic carbocycles. The molecule has 1 unspecified atom stereocenters. The van der Waals surface area contributed by atoms with Gasteiger partial charge in [-0.1, -0.05) is 81.4 Å². The monoisotopic (exact) mass is 412 g/mol. The molecule has 1 aliphatic heterocycles. The maximum absolute atomic E-state index is 11.6. The molecule has 0 bridgehead atoms. The number of hydrogen-bond acceptors (Lipinski definition) is 4. The summed E-state index contributed by atoms with van der Waals surface area (Å²) < 4.78 is 19.0. The van der Waals surface area contributed by atoms with Crippen LogP contribution in [0.2, 0.25) is 5.04 Å². The first-order valence-corrected chi connectivity index (χ1v) is 12.1. The van der Waals surface area contributed by atoms with E-state index < -0.39 is 14.1 Å². The third-order valence-electron chi connectivity index (χ3n) is 5.52. The first kappa shape index (κ1) is 21.9. The van der Waals surface area contributed by atoms with Crippen LogP contribution in [0.4, 0.5) is 0 Å². The van der Waals surface area contributed by atoms with E-state index in [0.717, 1.165) is 6.29 Å². The van der Waals surface area contributed by atoms with Crippen LogP contribution in [-0.4, -0.2) is 39.2 Å².